The van der Waals surface area contributed by atoms with Crippen LogP contribution in [0.4, 0.5) is 22.1 Å². The molecule has 0 aliphatic carbocycles. The SMILES string of the molecule is CCOC(=O)COc1cc(Nc2ncnc3c2C(CN(C)C(=O)OC(C)(C)C)CN3S(=O)(=O)c2ccccc2)ccc1OC. The van der Waals surface area contributed by atoms with Gasteiger partial charge < -0.3 is 29.2 Å². The number of hydrogen-bond acceptors (Lipinski definition) is 11. The number of hydrogen-bond donors (Lipinski definition) is 1. The number of likely N-dealkylation sites (N-methyl/N-ethyl adjacent to an activating group) is 1. The number of esters is 1. The molecular weight excluding hydrogens is 590 g/mol. The van der Waals surface area contributed by atoms with Gasteiger partial charge in [-0.3, -0.25) is 0 Å². The van der Waals surface area contributed by atoms with Gasteiger partial charge in [0.2, 0.25) is 0 Å². The second kappa shape index (κ2) is 13.4. The van der Waals surface area contributed by atoms with E-state index in [2.05, 4.69) is 15.3 Å². The molecule has 3 aromatic rings. The van der Waals surface area contributed by atoms with E-state index in [4.69, 9.17) is 18.9 Å². The third-order valence-electron chi connectivity index (χ3n) is 6.50. The molecule has 13 nitrogen and oxygen atoms in total. The van der Waals surface area contributed by atoms with E-state index in [1.165, 1.54) is 34.8 Å². The zero-order valence-corrected chi connectivity index (χ0v) is 26.4. The molecule has 44 heavy (non-hydrogen) atoms. The van der Waals surface area contributed by atoms with Gasteiger partial charge in [-0.1, -0.05) is 18.2 Å². The van der Waals surface area contributed by atoms with Crippen LogP contribution in [0, 0.1) is 0 Å². The van der Waals surface area contributed by atoms with Crippen molar-refractivity contribution in [3.63, 3.8) is 0 Å². The maximum absolute atomic E-state index is 13.8. The molecule has 4 rings (SSSR count). The number of nitrogens with one attached hydrogen (secondary N) is 1. The van der Waals surface area contributed by atoms with Crippen molar-refractivity contribution in [2.75, 3.05) is 50.1 Å². The van der Waals surface area contributed by atoms with Crippen molar-refractivity contribution in [2.24, 2.45) is 0 Å². The normalized spacial score (nSPS) is 14.4. The predicted molar refractivity (Wildman–Crippen MR) is 163 cm³/mol. The number of benzene rings is 2. The van der Waals surface area contributed by atoms with Crippen molar-refractivity contribution in [1.29, 1.82) is 0 Å². The van der Waals surface area contributed by atoms with E-state index >= 15 is 0 Å². The smallest absolute Gasteiger partial charge is 0.410 e. The maximum Gasteiger partial charge on any atom is 0.410 e. The summed E-state index contributed by atoms with van der Waals surface area (Å²) in [6, 6.07) is 13.1. The lowest BCUT2D eigenvalue weighted by Crippen LogP contribution is -2.38. The Balaban J connectivity index is 1.71. The summed E-state index contributed by atoms with van der Waals surface area (Å²) >= 11 is 0. The van der Waals surface area contributed by atoms with Crippen LogP contribution in [0.25, 0.3) is 0 Å². The highest BCUT2D eigenvalue weighted by molar-refractivity contribution is 7.92. The second-order valence-electron chi connectivity index (χ2n) is 11.0. The van der Waals surface area contributed by atoms with Gasteiger partial charge in [-0.2, -0.15) is 0 Å². The molecule has 0 bridgehead atoms. The van der Waals surface area contributed by atoms with E-state index < -0.39 is 33.6 Å². The Morgan fingerprint density at radius 2 is 1.82 bits per heavy atom. The molecule has 1 aliphatic heterocycles. The van der Waals surface area contributed by atoms with Crippen molar-refractivity contribution in [2.45, 2.75) is 44.1 Å². The Kier molecular flexibility index (Phi) is 9.82. The summed E-state index contributed by atoms with van der Waals surface area (Å²) in [5, 5.41) is 3.23. The topological polar surface area (TPSA) is 149 Å². The fourth-order valence-electron chi connectivity index (χ4n) is 4.61. The molecule has 1 aromatic heterocycles. The molecule has 2 heterocycles. The zero-order valence-electron chi connectivity index (χ0n) is 25.6. The Bertz CT molecular complexity index is 1590. The first-order valence-corrected chi connectivity index (χ1v) is 15.4. The van der Waals surface area contributed by atoms with Gasteiger partial charge in [0.1, 0.15) is 17.7 Å². The van der Waals surface area contributed by atoms with Gasteiger partial charge in [0.25, 0.3) is 10.0 Å². The number of fused-ring (bicyclic) bond motifs is 1. The summed E-state index contributed by atoms with van der Waals surface area (Å²) in [6.45, 7) is 7.06. The molecule has 14 heteroatoms. The first-order chi connectivity index (χ1) is 20.8. The standard InChI is InChI=1S/C30H37N5O8S/c1-7-41-25(36)18-42-24-15-21(13-14-23(24)40-6)33-27-26-20(16-34(5)29(37)43-30(2,3)4)17-35(28(26)32-19-31-27)44(38,39)22-11-9-8-10-12-22/h8-15,19-20H,7,16-18H2,1-6H3,(H,31,32,33). The van der Waals surface area contributed by atoms with Gasteiger partial charge in [0.15, 0.2) is 23.9 Å². The summed E-state index contributed by atoms with van der Waals surface area (Å²) in [7, 11) is -0.926. The largest absolute Gasteiger partial charge is 0.493 e. The lowest BCUT2D eigenvalue weighted by atomic mass is 10.0. The first kappa shape index (κ1) is 32.3. The van der Waals surface area contributed by atoms with Gasteiger partial charge in [-0.05, 0) is 52.0 Å². The minimum absolute atomic E-state index is 0.0174. The Morgan fingerprint density at radius 1 is 1.09 bits per heavy atom. The van der Waals surface area contributed by atoms with Crippen molar-refractivity contribution in [1.82, 2.24) is 14.9 Å². The van der Waals surface area contributed by atoms with Gasteiger partial charge >= 0.3 is 12.1 Å². The third-order valence-corrected chi connectivity index (χ3v) is 8.27. The number of amides is 1. The van der Waals surface area contributed by atoms with Crippen molar-refractivity contribution in [3.05, 3.63) is 60.4 Å². The number of nitrogens with zero attached hydrogens (tertiary/aromatic N) is 4. The number of sulfonamides is 1. The Hall–Kier alpha value is -4.59. The Morgan fingerprint density at radius 3 is 2.48 bits per heavy atom. The van der Waals surface area contributed by atoms with Gasteiger partial charge in [0, 0.05) is 43.4 Å². The molecule has 0 radical (unpaired) electrons. The number of rotatable bonds is 11. The second-order valence-corrected chi connectivity index (χ2v) is 12.8. The highest BCUT2D eigenvalue weighted by atomic mass is 32.2. The highest BCUT2D eigenvalue weighted by Gasteiger charge is 2.41. The van der Waals surface area contributed by atoms with E-state index in [1.54, 1.807) is 71.1 Å². The summed E-state index contributed by atoms with van der Waals surface area (Å²) in [5.41, 5.74) is 0.320. The average Bonchev–Trinajstić information content (AvgIpc) is 3.36. The van der Waals surface area contributed by atoms with E-state index in [-0.39, 0.29) is 42.8 Å². The van der Waals surface area contributed by atoms with E-state index in [1.807, 2.05) is 0 Å². The summed E-state index contributed by atoms with van der Waals surface area (Å²) in [6.07, 6.45) is 0.726. The van der Waals surface area contributed by atoms with Crippen LogP contribution in [0.5, 0.6) is 11.5 Å². The molecule has 1 aliphatic rings. The van der Waals surface area contributed by atoms with Gasteiger partial charge in [-0.25, -0.2) is 32.3 Å². The number of carbonyl (C=O) groups excluding carboxylic acids is 2. The highest BCUT2D eigenvalue weighted by Crippen LogP contribution is 2.43. The van der Waals surface area contributed by atoms with Gasteiger partial charge in [0.05, 0.1) is 18.6 Å². The fourth-order valence-corrected chi connectivity index (χ4v) is 6.11. The molecule has 0 fully saturated rings. The molecule has 0 spiro atoms. The number of aromatic nitrogens is 2. The summed E-state index contributed by atoms with van der Waals surface area (Å²) in [5.74, 6) is 0.169. The number of methoxy groups -OCH3 is 1. The summed E-state index contributed by atoms with van der Waals surface area (Å²) < 4.78 is 50.3. The van der Waals surface area contributed by atoms with Crippen LogP contribution in [-0.2, 0) is 24.3 Å². The number of carbonyl (C=O) groups is 2. The lowest BCUT2D eigenvalue weighted by Gasteiger charge is -2.27. The zero-order chi connectivity index (χ0) is 32.1. The minimum Gasteiger partial charge on any atom is -0.493 e. The van der Waals surface area contributed by atoms with Crippen LogP contribution in [0.15, 0.2) is 59.8 Å². The number of ether oxygens (including phenoxy) is 4. The average molecular weight is 628 g/mol. The van der Waals surface area contributed by atoms with Crippen molar-refractivity contribution < 1.29 is 37.0 Å². The quantitative estimate of drug-likeness (QED) is 0.303. The molecule has 1 N–H and O–H groups in total. The molecule has 2 aromatic carbocycles. The molecule has 1 unspecified atom stereocenters. The summed E-state index contributed by atoms with van der Waals surface area (Å²) in [4.78, 5) is 35.1. The van der Waals surface area contributed by atoms with E-state index in [0.29, 0.717) is 22.8 Å². The third kappa shape index (κ3) is 7.48. The van der Waals surface area contributed by atoms with Crippen molar-refractivity contribution >= 4 is 39.4 Å². The van der Waals surface area contributed by atoms with Gasteiger partial charge in [-0.15, -0.1) is 0 Å². The minimum atomic E-state index is -4.00. The van der Waals surface area contributed by atoms with Crippen LogP contribution in [0.2, 0.25) is 0 Å². The van der Waals surface area contributed by atoms with Crippen LogP contribution in [0.3, 0.4) is 0 Å². The monoisotopic (exact) mass is 627 g/mol. The van der Waals surface area contributed by atoms with E-state index in [0.717, 1.165) is 0 Å². The molecule has 0 saturated carbocycles. The fraction of sp³-hybridized carbons (Fsp3) is 0.400. The van der Waals surface area contributed by atoms with E-state index in [9.17, 15) is 18.0 Å². The van der Waals surface area contributed by atoms with Crippen molar-refractivity contribution in [3.8, 4) is 11.5 Å². The van der Waals surface area contributed by atoms with Crippen LogP contribution >= 0.6 is 0 Å². The van der Waals surface area contributed by atoms with Crippen LogP contribution in [-0.4, -0.2) is 81.4 Å². The molecule has 0 saturated heterocycles. The Labute approximate surface area is 257 Å². The first-order valence-electron chi connectivity index (χ1n) is 13.9. The molecule has 236 valence electrons. The maximum atomic E-state index is 13.8. The lowest BCUT2D eigenvalue weighted by molar-refractivity contribution is -0.145. The number of anilines is 3. The predicted octanol–water partition coefficient (Wildman–Crippen LogP) is 4.33. The van der Waals surface area contributed by atoms with Crippen LogP contribution in [0.1, 0.15) is 39.2 Å². The molecule has 1 atom stereocenters. The molecule has 1 amide bonds. The van der Waals surface area contributed by atoms with Crippen LogP contribution < -0.4 is 19.1 Å². The molecular formula is C30H37N5O8S.